The number of hydrogen-bond donors (Lipinski definition) is 1. The lowest BCUT2D eigenvalue weighted by Gasteiger charge is -2.16. The van der Waals surface area contributed by atoms with Crippen molar-refractivity contribution in [2.45, 2.75) is 20.8 Å². The van der Waals surface area contributed by atoms with Crippen molar-refractivity contribution in [1.82, 2.24) is 0 Å². The summed E-state index contributed by atoms with van der Waals surface area (Å²) in [7, 11) is 0. The van der Waals surface area contributed by atoms with Gasteiger partial charge in [0.2, 0.25) is 0 Å². The van der Waals surface area contributed by atoms with E-state index in [0.717, 1.165) is 6.07 Å². The average molecular weight is 211 g/mol. The molecule has 0 heterocycles. The van der Waals surface area contributed by atoms with E-state index >= 15 is 0 Å². The van der Waals surface area contributed by atoms with Crippen molar-refractivity contribution in [2.24, 2.45) is 5.41 Å². The first kappa shape index (κ1) is 11.5. The molecule has 0 aliphatic rings. The van der Waals surface area contributed by atoms with Gasteiger partial charge in [-0.25, -0.2) is 4.39 Å². The highest BCUT2D eigenvalue weighted by Crippen LogP contribution is 2.23. The average Bonchev–Trinajstić information content (AvgIpc) is 2.08. The molecular formula is C11H14FNO2. The van der Waals surface area contributed by atoms with E-state index in [2.05, 4.69) is 0 Å². The van der Waals surface area contributed by atoms with Gasteiger partial charge in [-0.15, -0.1) is 0 Å². The lowest BCUT2D eigenvalue weighted by molar-refractivity contribution is -0.143. The van der Waals surface area contributed by atoms with Gasteiger partial charge in [-0.1, -0.05) is 0 Å². The van der Waals surface area contributed by atoms with E-state index in [1.54, 1.807) is 20.8 Å². The molecule has 0 bridgehead atoms. The van der Waals surface area contributed by atoms with Gasteiger partial charge >= 0.3 is 5.97 Å². The number of ether oxygens (including phenoxy) is 1. The Morgan fingerprint density at radius 1 is 1.40 bits per heavy atom. The Morgan fingerprint density at radius 2 is 2.00 bits per heavy atom. The molecule has 0 aliphatic carbocycles. The van der Waals surface area contributed by atoms with Crippen LogP contribution in [0.15, 0.2) is 18.2 Å². The van der Waals surface area contributed by atoms with E-state index in [1.165, 1.54) is 12.1 Å². The Labute approximate surface area is 88.0 Å². The maximum atomic E-state index is 13.2. The zero-order valence-electron chi connectivity index (χ0n) is 9.00. The molecule has 0 saturated carbocycles. The summed E-state index contributed by atoms with van der Waals surface area (Å²) < 4.78 is 18.1. The number of benzene rings is 1. The molecule has 0 unspecified atom stereocenters. The van der Waals surface area contributed by atoms with E-state index in [1.807, 2.05) is 0 Å². The number of nitrogens with two attached hydrogens (primary N) is 1. The molecule has 0 aliphatic heterocycles. The standard InChI is InChI=1S/C11H14FNO2/c1-11(2,3)10(14)15-9-5-4-7(13)6-8(9)12/h4-6H,13H2,1-3H3. The SMILES string of the molecule is CC(C)(C)C(=O)Oc1ccc(N)cc1F. The monoisotopic (exact) mass is 211 g/mol. The van der Waals surface area contributed by atoms with Gasteiger partial charge in [0.15, 0.2) is 11.6 Å². The summed E-state index contributed by atoms with van der Waals surface area (Å²) in [5.41, 5.74) is 5.00. The normalized spacial score (nSPS) is 11.2. The summed E-state index contributed by atoms with van der Waals surface area (Å²) in [6.45, 7) is 5.10. The number of rotatable bonds is 1. The molecule has 0 fully saturated rings. The number of carbonyl (C=O) groups excluding carboxylic acids is 1. The quantitative estimate of drug-likeness (QED) is 0.440. The number of anilines is 1. The highest BCUT2D eigenvalue weighted by atomic mass is 19.1. The van der Waals surface area contributed by atoms with Crippen molar-refractivity contribution in [3.8, 4) is 5.75 Å². The summed E-state index contributed by atoms with van der Waals surface area (Å²) in [5, 5.41) is 0. The second kappa shape index (κ2) is 3.88. The van der Waals surface area contributed by atoms with E-state index < -0.39 is 17.2 Å². The van der Waals surface area contributed by atoms with Crippen LogP contribution < -0.4 is 10.5 Å². The maximum absolute atomic E-state index is 13.2. The predicted octanol–water partition coefficient (Wildman–Crippen LogP) is 2.36. The minimum absolute atomic E-state index is 0.0934. The van der Waals surface area contributed by atoms with Crippen LogP contribution in [0.1, 0.15) is 20.8 Å². The van der Waals surface area contributed by atoms with Crippen LogP contribution in [-0.4, -0.2) is 5.97 Å². The molecule has 0 spiro atoms. The molecular weight excluding hydrogens is 197 g/mol. The second-order valence-electron chi connectivity index (χ2n) is 4.33. The lowest BCUT2D eigenvalue weighted by atomic mass is 9.97. The van der Waals surface area contributed by atoms with Crippen LogP contribution >= 0.6 is 0 Å². The summed E-state index contributed by atoms with van der Waals surface area (Å²) in [6.07, 6.45) is 0. The molecule has 0 atom stereocenters. The molecule has 0 aromatic heterocycles. The minimum Gasteiger partial charge on any atom is -0.423 e. The first-order chi connectivity index (χ1) is 6.80. The molecule has 1 aromatic rings. The van der Waals surface area contributed by atoms with Crippen LogP contribution in [0.4, 0.5) is 10.1 Å². The van der Waals surface area contributed by atoms with Gasteiger partial charge in [0.25, 0.3) is 0 Å². The van der Waals surface area contributed by atoms with Crippen LogP contribution in [0, 0.1) is 11.2 Å². The van der Waals surface area contributed by atoms with Gasteiger partial charge in [0, 0.05) is 11.8 Å². The van der Waals surface area contributed by atoms with Gasteiger partial charge < -0.3 is 10.5 Å². The van der Waals surface area contributed by atoms with E-state index in [9.17, 15) is 9.18 Å². The van der Waals surface area contributed by atoms with Gasteiger partial charge in [-0.2, -0.15) is 0 Å². The third-order valence-electron chi connectivity index (χ3n) is 1.77. The number of nitrogen functional groups attached to an aromatic ring is 1. The first-order valence-electron chi connectivity index (χ1n) is 4.58. The number of halogens is 1. The smallest absolute Gasteiger partial charge is 0.316 e. The van der Waals surface area contributed by atoms with Crippen LogP contribution in [0.3, 0.4) is 0 Å². The van der Waals surface area contributed by atoms with Crippen LogP contribution in [0.25, 0.3) is 0 Å². The first-order valence-corrected chi connectivity index (χ1v) is 4.58. The second-order valence-corrected chi connectivity index (χ2v) is 4.33. The molecule has 15 heavy (non-hydrogen) atoms. The van der Waals surface area contributed by atoms with Crippen molar-refractivity contribution in [3.05, 3.63) is 24.0 Å². The zero-order chi connectivity index (χ0) is 11.6. The third kappa shape index (κ3) is 2.94. The number of esters is 1. The number of carbonyl (C=O) groups is 1. The summed E-state index contributed by atoms with van der Waals surface area (Å²) >= 11 is 0. The molecule has 1 rings (SSSR count). The molecule has 1 aromatic carbocycles. The van der Waals surface area contributed by atoms with Gasteiger partial charge in [0.1, 0.15) is 0 Å². The predicted molar refractivity (Wildman–Crippen MR) is 55.9 cm³/mol. The Balaban J connectivity index is 2.87. The Bertz CT molecular complexity index is 383. The fourth-order valence-electron chi connectivity index (χ4n) is 0.853. The Hall–Kier alpha value is -1.58. The third-order valence-corrected chi connectivity index (χ3v) is 1.77. The topological polar surface area (TPSA) is 52.3 Å². The molecule has 4 heteroatoms. The molecule has 2 N–H and O–H groups in total. The van der Waals surface area contributed by atoms with Crippen molar-refractivity contribution in [3.63, 3.8) is 0 Å². The van der Waals surface area contributed by atoms with Crippen LogP contribution in [0.2, 0.25) is 0 Å². The zero-order valence-corrected chi connectivity index (χ0v) is 9.00. The van der Waals surface area contributed by atoms with Gasteiger partial charge in [-0.05, 0) is 32.9 Å². The summed E-state index contributed by atoms with van der Waals surface area (Å²) in [5.74, 6) is -1.21. The van der Waals surface area contributed by atoms with Gasteiger partial charge in [0.05, 0.1) is 5.41 Å². The summed E-state index contributed by atoms with van der Waals surface area (Å²) in [6, 6.07) is 3.94. The maximum Gasteiger partial charge on any atom is 0.316 e. The number of hydrogen-bond acceptors (Lipinski definition) is 3. The molecule has 3 nitrogen and oxygen atoms in total. The molecule has 0 radical (unpaired) electrons. The highest BCUT2D eigenvalue weighted by Gasteiger charge is 2.24. The molecule has 0 saturated heterocycles. The van der Waals surface area contributed by atoms with Crippen molar-refractivity contribution >= 4 is 11.7 Å². The van der Waals surface area contributed by atoms with Crippen LogP contribution in [-0.2, 0) is 4.79 Å². The van der Waals surface area contributed by atoms with Crippen molar-refractivity contribution in [1.29, 1.82) is 0 Å². The van der Waals surface area contributed by atoms with Crippen molar-refractivity contribution in [2.75, 3.05) is 5.73 Å². The molecule has 82 valence electrons. The molecule has 0 amide bonds. The largest absolute Gasteiger partial charge is 0.423 e. The summed E-state index contributed by atoms with van der Waals surface area (Å²) in [4.78, 5) is 11.5. The fourth-order valence-corrected chi connectivity index (χ4v) is 0.853. The van der Waals surface area contributed by atoms with Gasteiger partial charge in [-0.3, -0.25) is 4.79 Å². The Morgan fingerprint density at radius 3 is 2.47 bits per heavy atom. The minimum atomic E-state index is -0.659. The lowest BCUT2D eigenvalue weighted by Crippen LogP contribution is -2.25. The van der Waals surface area contributed by atoms with E-state index in [0.29, 0.717) is 5.69 Å². The Kier molecular flexibility index (Phi) is 2.98. The highest BCUT2D eigenvalue weighted by molar-refractivity contribution is 5.78. The van der Waals surface area contributed by atoms with E-state index in [4.69, 9.17) is 10.5 Å². The van der Waals surface area contributed by atoms with Crippen LogP contribution in [0.5, 0.6) is 5.75 Å². The van der Waals surface area contributed by atoms with Crippen molar-refractivity contribution < 1.29 is 13.9 Å². The van der Waals surface area contributed by atoms with E-state index in [-0.39, 0.29) is 5.75 Å². The fraction of sp³-hybridized carbons (Fsp3) is 0.364.